The molecule has 0 aromatic carbocycles. The number of likely N-dealkylation sites (N-methyl/N-ethyl adjacent to an activating group) is 1. The molecule has 1 unspecified atom stereocenters. The Morgan fingerprint density at radius 1 is 1.33 bits per heavy atom. The van der Waals surface area contributed by atoms with E-state index in [-0.39, 0.29) is 5.41 Å². The molecule has 3 heterocycles. The molecule has 21 heavy (non-hydrogen) atoms. The van der Waals surface area contributed by atoms with Gasteiger partial charge in [-0.05, 0) is 25.9 Å². The molecular weight excluding hydrogens is 260 g/mol. The van der Waals surface area contributed by atoms with Crippen molar-refractivity contribution < 1.29 is 0 Å². The van der Waals surface area contributed by atoms with E-state index < -0.39 is 0 Å². The maximum Gasteiger partial charge on any atom is 0.114 e. The number of piperidine rings is 1. The third-order valence-electron chi connectivity index (χ3n) is 4.89. The van der Waals surface area contributed by atoms with Crippen molar-refractivity contribution in [3.8, 4) is 0 Å². The Balaban J connectivity index is 2.01. The second-order valence-electron chi connectivity index (χ2n) is 7.56. The highest BCUT2D eigenvalue weighted by Crippen LogP contribution is 2.33. The molecule has 4 heteroatoms. The molecule has 2 aliphatic heterocycles. The summed E-state index contributed by atoms with van der Waals surface area (Å²) in [6.45, 7) is 14.8. The molecule has 1 aromatic heterocycles. The first-order chi connectivity index (χ1) is 10.0. The highest BCUT2D eigenvalue weighted by molar-refractivity contribution is 5.25. The third kappa shape index (κ3) is 2.88. The number of hydrogen-bond acceptors (Lipinski definition) is 3. The molecular formula is C17H30N4. The number of likely N-dealkylation sites (tertiary alicyclic amines) is 1. The van der Waals surface area contributed by atoms with Crippen LogP contribution in [0.2, 0.25) is 0 Å². The number of imidazole rings is 1. The van der Waals surface area contributed by atoms with E-state index in [4.69, 9.17) is 4.98 Å². The Morgan fingerprint density at radius 3 is 2.86 bits per heavy atom. The van der Waals surface area contributed by atoms with E-state index in [1.807, 2.05) is 0 Å². The topological polar surface area (TPSA) is 33.1 Å². The van der Waals surface area contributed by atoms with Gasteiger partial charge in [0, 0.05) is 43.2 Å². The predicted molar refractivity (Wildman–Crippen MR) is 86.7 cm³/mol. The van der Waals surface area contributed by atoms with E-state index in [0.29, 0.717) is 6.04 Å². The van der Waals surface area contributed by atoms with Crippen molar-refractivity contribution in [3.63, 3.8) is 0 Å². The highest BCUT2D eigenvalue weighted by Gasteiger charge is 2.32. The van der Waals surface area contributed by atoms with Crippen molar-refractivity contribution in [2.75, 3.05) is 26.2 Å². The zero-order valence-electron chi connectivity index (χ0n) is 14.1. The zero-order valence-corrected chi connectivity index (χ0v) is 14.1. The molecule has 3 rings (SSSR count). The molecule has 2 aliphatic rings. The fraction of sp³-hybridized carbons (Fsp3) is 0.824. The van der Waals surface area contributed by atoms with Crippen molar-refractivity contribution in [3.05, 3.63) is 17.2 Å². The van der Waals surface area contributed by atoms with Gasteiger partial charge in [-0.1, -0.05) is 27.7 Å². The summed E-state index contributed by atoms with van der Waals surface area (Å²) in [5, 5.41) is 3.47. The summed E-state index contributed by atoms with van der Waals surface area (Å²) in [5.74, 6) is 1.29. The summed E-state index contributed by atoms with van der Waals surface area (Å²) in [6, 6.07) is 0.613. The fourth-order valence-corrected chi connectivity index (χ4v) is 3.78. The SMILES string of the molecule is CCN1CCCC(n2c(C(C)(C)C)nc3c2CCNC3)C1. The van der Waals surface area contributed by atoms with Crippen LogP contribution in [0.25, 0.3) is 0 Å². The molecule has 0 amide bonds. The number of fused-ring (bicyclic) bond motifs is 1. The molecule has 1 saturated heterocycles. The zero-order chi connectivity index (χ0) is 15.0. The van der Waals surface area contributed by atoms with Crippen LogP contribution in [0.1, 0.15) is 63.8 Å². The average molecular weight is 290 g/mol. The maximum atomic E-state index is 5.03. The summed E-state index contributed by atoms with van der Waals surface area (Å²) < 4.78 is 2.62. The summed E-state index contributed by atoms with van der Waals surface area (Å²) >= 11 is 0. The Hall–Kier alpha value is -0.870. The quantitative estimate of drug-likeness (QED) is 0.908. The normalized spacial score (nSPS) is 24.1. The van der Waals surface area contributed by atoms with E-state index in [1.54, 1.807) is 0 Å². The molecule has 1 aromatic rings. The second kappa shape index (κ2) is 5.73. The largest absolute Gasteiger partial charge is 0.327 e. The number of rotatable bonds is 2. The minimum atomic E-state index is 0.117. The summed E-state index contributed by atoms with van der Waals surface area (Å²) in [7, 11) is 0. The van der Waals surface area contributed by atoms with Crippen LogP contribution >= 0.6 is 0 Å². The lowest BCUT2D eigenvalue weighted by atomic mass is 9.94. The minimum Gasteiger partial charge on any atom is -0.327 e. The van der Waals surface area contributed by atoms with Crippen LogP contribution in [0, 0.1) is 0 Å². The van der Waals surface area contributed by atoms with Gasteiger partial charge in [0.2, 0.25) is 0 Å². The Kier molecular flexibility index (Phi) is 4.10. The number of nitrogens with zero attached hydrogens (tertiary/aromatic N) is 3. The second-order valence-corrected chi connectivity index (χ2v) is 7.56. The number of nitrogens with one attached hydrogen (secondary N) is 1. The molecule has 1 atom stereocenters. The fourth-order valence-electron chi connectivity index (χ4n) is 3.78. The molecule has 0 aliphatic carbocycles. The monoisotopic (exact) mass is 290 g/mol. The van der Waals surface area contributed by atoms with Crippen molar-refractivity contribution in [1.82, 2.24) is 19.8 Å². The number of aromatic nitrogens is 2. The first kappa shape index (κ1) is 15.0. The Bertz CT molecular complexity index is 498. The van der Waals surface area contributed by atoms with Crippen LogP contribution in [-0.4, -0.2) is 40.6 Å². The van der Waals surface area contributed by atoms with E-state index in [0.717, 1.165) is 19.5 Å². The van der Waals surface area contributed by atoms with Crippen LogP contribution < -0.4 is 5.32 Å². The molecule has 118 valence electrons. The summed E-state index contributed by atoms with van der Waals surface area (Å²) in [6.07, 6.45) is 3.74. The van der Waals surface area contributed by atoms with Gasteiger partial charge in [0.1, 0.15) is 5.82 Å². The summed E-state index contributed by atoms with van der Waals surface area (Å²) in [4.78, 5) is 7.62. The van der Waals surface area contributed by atoms with Gasteiger partial charge in [-0.2, -0.15) is 0 Å². The van der Waals surface area contributed by atoms with Gasteiger partial charge >= 0.3 is 0 Å². The van der Waals surface area contributed by atoms with Crippen LogP contribution in [0.15, 0.2) is 0 Å². The van der Waals surface area contributed by atoms with Gasteiger partial charge in [0.25, 0.3) is 0 Å². The molecule has 0 saturated carbocycles. The molecule has 1 fully saturated rings. The highest BCUT2D eigenvalue weighted by atomic mass is 15.2. The number of hydrogen-bond donors (Lipinski definition) is 1. The Labute approximate surface area is 128 Å². The standard InChI is InChI=1S/C17H30N4/c1-5-20-10-6-7-13(12-20)21-15-8-9-18-11-14(15)19-16(21)17(2,3)4/h13,18H,5-12H2,1-4H3. The molecule has 0 bridgehead atoms. The summed E-state index contributed by atoms with van der Waals surface area (Å²) in [5.41, 5.74) is 2.91. The van der Waals surface area contributed by atoms with Gasteiger partial charge in [-0.25, -0.2) is 4.98 Å². The third-order valence-corrected chi connectivity index (χ3v) is 4.89. The first-order valence-electron chi connectivity index (χ1n) is 8.54. The van der Waals surface area contributed by atoms with Gasteiger partial charge in [-0.3, -0.25) is 0 Å². The van der Waals surface area contributed by atoms with E-state index in [9.17, 15) is 0 Å². The van der Waals surface area contributed by atoms with Crippen LogP contribution in [0.5, 0.6) is 0 Å². The van der Waals surface area contributed by atoms with Gasteiger partial charge in [0.15, 0.2) is 0 Å². The van der Waals surface area contributed by atoms with Crippen LogP contribution in [-0.2, 0) is 18.4 Å². The van der Waals surface area contributed by atoms with Crippen molar-refractivity contribution in [2.24, 2.45) is 0 Å². The van der Waals surface area contributed by atoms with E-state index in [1.165, 1.54) is 49.7 Å². The lowest BCUT2D eigenvalue weighted by molar-refractivity contribution is 0.178. The average Bonchev–Trinajstić information content (AvgIpc) is 2.87. The van der Waals surface area contributed by atoms with Crippen molar-refractivity contribution in [2.45, 2.75) is 65.0 Å². The minimum absolute atomic E-state index is 0.117. The van der Waals surface area contributed by atoms with Crippen molar-refractivity contribution >= 4 is 0 Å². The van der Waals surface area contributed by atoms with Crippen LogP contribution in [0.4, 0.5) is 0 Å². The van der Waals surface area contributed by atoms with Gasteiger partial charge in [-0.15, -0.1) is 0 Å². The van der Waals surface area contributed by atoms with Gasteiger partial charge < -0.3 is 14.8 Å². The van der Waals surface area contributed by atoms with Crippen molar-refractivity contribution in [1.29, 1.82) is 0 Å². The van der Waals surface area contributed by atoms with Crippen LogP contribution in [0.3, 0.4) is 0 Å². The first-order valence-corrected chi connectivity index (χ1v) is 8.54. The molecule has 0 radical (unpaired) electrons. The van der Waals surface area contributed by atoms with E-state index in [2.05, 4.69) is 42.5 Å². The predicted octanol–water partition coefficient (Wildman–Crippen LogP) is 2.48. The lowest BCUT2D eigenvalue weighted by Gasteiger charge is -2.36. The lowest BCUT2D eigenvalue weighted by Crippen LogP contribution is -2.38. The van der Waals surface area contributed by atoms with E-state index >= 15 is 0 Å². The molecule has 1 N–H and O–H groups in total. The molecule has 0 spiro atoms. The maximum absolute atomic E-state index is 5.03. The molecule has 4 nitrogen and oxygen atoms in total. The Morgan fingerprint density at radius 2 is 2.14 bits per heavy atom. The van der Waals surface area contributed by atoms with Gasteiger partial charge in [0.05, 0.1) is 5.69 Å². The smallest absolute Gasteiger partial charge is 0.114 e.